The maximum absolute atomic E-state index is 12.2. The number of phenolic OH excluding ortho intramolecular Hbond substituents is 1. The summed E-state index contributed by atoms with van der Waals surface area (Å²) in [7, 11) is 3.21. The van der Waals surface area contributed by atoms with E-state index >= 15 is 0 Å². The van der Waals surface area contributed by atoms with Gasteiger partial charge in [-0.2, -0.15) is 0 Å². The van der Waals surface area contributed by atoms with Crippen LogP contribution in [0, 0.1) is 6.92 Å². The Morgan fingerprint density at radius 1 is 1.26 bits per heavy atom. The molecular formula is C17H19N5O3S2. The van der Waals surface area contributed by atoms with Crippen LogP contribution in [0.3, 0.4) is 0 Å². The molecule has 1 amide bonds. The molecular weight excluding hydrogens is 386 g/mol. The fraction of sp³-hybridized carbons (Fsp3) is 0.235. The van der Waals surface area contributed by atoms with Gasteiger partial charge in [-0.15, -0.1) is 11.3 Å². The fourth-order valence-corrected chi connectivity index (χ4v) is 3.86. The van der Waals surface area contributed by atoms with E-state index in [4.69, 9.17) is 0 Å². The van der Waals surface area contributed by atoms with Gasteiger partial charge in [-0.3, -0.25) is 4.79 Å². The second-order valence-electron chi connectivity index (χ2n) is 6.00. The lowest BCUT2D eigenvalue weighted by molar-refractivity contribution is 0.0824. The number of para-hydroxylation sites is 1. The van der Waals surface area contributed by atoms with Crippen LogP contribution in [0.4, 0.5) is 17.3 Å². The maximum atomic E-state index is 12.2. The molecule has 142 valence electrons. The number of thiophene rings is 1. The summed E-state index contributed by atoms with van der Waals surface area (Å²) in [5.41, 5.74) is 0.437. The SMILES string of the molecule is Cc1ccc(CNc2n[s+]([O-])nc2Nc2cccc(C(=O)N(C)C)c2O)s1. The van der Waals surface area contributed by atoms with Crippen molar-refractivity contribution < 1.29 is 14.5 Å². The number of phenols is 1. The Hall–Kier alpha value is -2.69. The first-order valence-corrected chi connectivity index (χ1v) is 9.92. The van der Waals surface area contributed by atoms with E-state index in [9.17, 15) is 14.5 Å². The standard InChI is InChI=1S/C17H19N5O3S2/c1-10-7-8-11(26-10)9-18-15-16(21-27(25)20-15)19-13-6-4-5-12(14(13)23)17(24)22(2)3/h4-8,23H,9H2,1-3H3,(H,18,20)(H,19,21). The largest absolute Gasteiger partial charge is 0.546 e. The number of hydrogen-bond donors (Lipinski definition) is 3. The molecule has 0 aliphatic heterocycles. The van der Waals surface area contributed by atoms with Crippen molar-refractivity contribution in [2.45, 2.75) is 13.5 Å². The second kappa shape index (κ2) is 7.91. The van der Waals surface area contributed by atoms with Crippen molar-refractivity contribution in [3.05, 3.63) is 45.6 Å². The van der Waals surface area contributed by atoms with Gasteiger partial charge < -0.3 is 25.2 Å². The molecule has 0 bridgehead atoms. The molecule has 0 fully saturated rings. The van der Waals surface area contributed by atoms with Crippen LogP contribution in [0.25, 0.3) is 0 Å². The summed E-state index contributed by atoms with van der Waals surface area (Å²) in [5, 5.41) is 16.4. The molecule has 1 unspecified atom stereocenters. The number of nitrogens with one attached hydrogen (secondary N) is 2. The van der Waals surface area contributed by atoms with Crippen LogP contribution in [0.1, 0.15) is 20.1 Å². The zero-order valence-corrected chi connectivity index (χ0v) is 16.6. The average molecular weight is 406 g/mol. The number of aromatic nitrogens is 2. The highest BCUT2D eigenvalue weighted by molar-refractivity contribution is 7.14. The Bertz CT molecular complexity index is 967. The summed E-state index contributed by atoms with van der Waals surface area (Å²) in [6.45, 7) is 2.54. The predicted molar refractivity (Wildman–Crippen MR) is 106 cm³/mol. The third kappa shape index (κ3) is 4.35. The summed E-state index contributed by atoms with van der Waals surface area (Å²) in [6.07, 6.45) is 0. The molecule has 8 nitrogen and oxygen atoms in total. The van der Waals surface area contributed by atoms with Crippen molar-refractivity contribution in [3.8, 4) is 5.75 Å². The number of rotatable bonds is 6. The zero-order valence-electron chi connectivity index (χ0n) is 15.0. The third-order valence-corrected chi connectivity index (χ3v) is 5.39. The number of aromatic hydroxyl groups is 1. The monoisotopic (exact) mass is 405 g/mol. The van der Waals surface area contributed by atoms with Gasteiger partial charge in [0.1, 0.15) is 0 Å². The first kappa shape index (κ1) is 19.1. The average Bonchev–Trinajstić information content (AvgIpc) is 3.19. The molecule has 1 aromatic carbocycles. The second-order valence-corrected chi connectivity index (χ2v) is 8.20. The number of nitrogens with zero attached hydrogens (tertiary/aromatic N) is 3. The lowest BCUT2D eigenvalue weighted by Gasteiger charge is -2.14. The summed E-state index contributed by atoms with van der Waals surface area (Å²) in [5.74, 6) is 0.0486. The quantitative estimate of drug-likeness (QED) is 0.426. The van der Waals surface area contributed by atoms with Gasteiger partial charge in [0.05, 0.1) is 17.8 Å². The number of carbonyl (C=O) groups is 1. The number of benzene rings is 1. The highest BCUT2D eigenvalue weighted by Crippen LogP contribution is 2.33. The molecule has 0 aliphatic carbocycles. The Morgan fingerprint density at radius 3 is 2.67 bits per heavy atom. The molecule has 27 heavy (non-hydrogen) atoms. The van der Waals surface area contributed by atoms with E-state index < -0.39 is 11.1 Å². The van der Waals surface area contributed by atoms with Gasteiger partial charge in [-0.1, -0.05) is 6.07 Å². The molecule has 3 N–H and O–H groups in total. The summed E-state index contributed by atoms with van der Waals surface area (Å²) in [4.78, 5) is 15.8. The lowest BCUT2D eigenvalue weighted by Crippen LogP contribution is -2.21. The number of anilines is 3. The van der Waals surface area contributed by atoms with E-state index in [0.717, 1.165) is 4.88 Å². The van der Waals surface area contributed by atoms with Crippen LogP contribution in [0.5, 0.6) is 5.75 Å². The Labute approximate surface area is 163 Å². The smallest absolute Gasteiger partial charge is 0.257 e. The number of amides is 1. The maximum Gasteiger partial charge on any atom is 0.257 e. The number of aryl methyl sites for hydroxylation is 1. The Morgan fingerprint density at radius 2 is 2.00 bits per heavy atom. The molecule has 3 aromatic rings. The topological polar surface area (TPSA) is 113 Å². The first-order valence-electron chi connectivity index (χ1n) is 8.04. The normalized spacial score (nSPS) is 11.3. The minimum atomic E-state index is -1.74. The Kier molecular flexibility index (Phi) is 5.59. The van der Waals surface area contributed by atoms with Gasteiger partial charge >= 0.3 is 0 Å². The molecule has 0 radical (unpaired) electrons. The molecule has 0 aliphatic rings. The van der Waals surface area contributed by atoms with Gasteiger partial charge in [0.2, 0.25) is 11.6 Å². The summed E-state index contributed by atoms with van der Waals surface area (Å²) >= 11 is -0.0882. The van der Waals surface area contributed by atoms with Gasteiger partial charge in [0, 0.05) is 32.6 Å². The lowest BCUT2D eigenvalue weighted by atomic mass is 10.1. The van der Waals surface area contributed by atoms with E-state index in [1.54, 1.807) is 37.6 Å². The van der Waals surface area contributed by atoms with Gasteiger partial charge in [0.25, 0.3) is 5.91 Å². The highest BCUT2D eigenvalue weighted by Gasteiger charge is 2.20. The fourth-order valence-electron chi connectivity index (χ4n) is 2.40. The van der Waals surface area contributed by atoms with E-state index in [0.29, 0.717) is 12.4 Å². The minimum Gasteiger partial charge on any atom is -0.546 e. The van der Waals surface area contributed by atoms with Crippen LogP contribution in [-0.4, -0.2) is 43.3 Å². The van der Waals surface area contributed by atoms with Crippen LogP contribution < -0.4 is 10.6 Å². The molecule has 3 rings (SSSR count). The molecule has 0 saturated carbocycles. The zero-order chi connectivity index (χ0) is 19.6. The van der Waals surface area contributed by atoms with Crippen LogP contribution in [0.2, 0.25) is 0 Å². The van der Waals surface area contributed by atoms with Crippen molar-refractivity contribution in [1.82, 2.24) is 13.6 Å². The number of carbonyl (C=O) groups excluding carboxylic acids is 1. The molecule has 1 atom stereocenters. The van der Waals surface area contributed by atoms with Crippen molar-refractivity contribution in [1.29, 1.82) is 0 Å². The predicted octanol–water partition coefficient (Wildman–Crippen LogP) is 3.34. The Balaban J connectivity index is 1.82. The van der Waals surface area contributed by atoms with E-state index in [-0.39, 0.29) is 28.7 Å². The number of hydrogen-bond acceptors (Lipinski definition) is 8. The van der Waals surface area contributed by atoms with Crippen LogP contribution >= 0.6 is 22.5 Å². The third-order valence-electron chi connectivity index (χ3n) is 3.71. The molecule has 2 heterocycles. The van der Waals surface area contributed by atoms with Gasteiger partial charge in [-0.05, 0) is 31.2 Å². The van der Waals surface area contributed by atoms with Crippen molar-refractivity contribution in [3.63, 3.8) is 0 Å². The van der Waals surface area contributed by atoms with Crippen molar-refractivity contribution in [2.75, 3.05) is 24.7 Å². The molecule has 0 saturated heterocycles. The van der Waals surface area contributed by atoms with Crippen LogP contribution in [-0.2, 0) is 6.54 Å². The molecule has 0 spiro atoms. The van der Waals surface area contributed by atoms with E-state index in [1.165, 1.54) is 15.8 Å². The molecule has 10 heteroatoms. The summed E-state index contributed by atoms with van der Waals surface area (Å²) < 4.78 is 19.7. The van der Waals surface area contributed by atoms with Gasteiger partial charge in [-0.25, -0.2) is 0 Å². The van der Waals surface area contributed by atoms with E-state index in [1.807, 2.05) is 19.1 Å². The summed E-state index contributed by atoms with van der Waals surface area (Å²) in [6, 6.07) is 8.81. The van der Waals surface area contributed by atoms with Gasteiger partial charge in [0.15, 0.2) is 16.9 Å². The first-order chi connectivity index (χ1) is 12.8. The van der Waals surface area contributed by atoms with E-state index in [2.05, 4.69) is 19.4 Å². The van der Waals surface area contributed by atoms with Crippen LogP contribution in [0.15, 0.2) is 30.3 Å². The highest BCUT2D eigenvalue weighted by atomic mass is 32.2. The van der Waals surface area contributed by atoms with Crippen molar-refractivity contribution in [2.24, 2.45) is 0 Å². The molecule has 2 aromatic heterocycles. The van der Waals surface area contributed by atoms with Crippen molar-refractivity contribution >= 4 is 45.7 Å². The minimum absolute atomic E-state index is 0.158.